The fraction of sp³-hybridized carbons (Fsp3) is 0.333. The average molecular weight is 486 g/mol. The topological polar surface area (TPSA) is 116 Å². The molecule has 0 saturated carbocycles. The van der Waals surface area contributed by atoms with E-state index in [0.29, 0.717) is 37.1 Å². The summed E-state index contributed by atoms with van der Waals surface area (Å²) in [4.78, 5) is 52.9. The number of anilines is 2. The predicted octanol–water partition coefficient (Wildman–Crippen LogP) is 3.39. The molecular weight excluding hydrogens is 461 g/mol. The van der Waals surface area contributed by atoms with Gasteiger partial charge in [0.15, 0.2) is 5.78 Å². The monoisotopic (exact) mass is 485 g/mol. The van der Waals surface area contributed by atoms with E-state index in [1.54, 1.807) is 23.9 Å². The van der Waals surface area contributed by atoms with Crippen LogP contribution in [-0.4, -0.2) is 58.9 Å². The van der Waals surface area contributed by atoms with Gasteiger partial charge in [-0.15, -0.1) is 0 Å². The summed E-state index contributed by atoms with van der Waals surface area (Å²) in [7, 11) is 0. The highest BCUT2D eigenvalue weighted by molar-refractivity contribution is 7.99. The summed E-state index contributed by atoms with van der Waals surface area (Å²) in [6, 6.07) is 10.8. The second-order valence-electron chi connectivity index (χ2n) is 8.17. The van der Waals surface area contributed by atoms with Crippen LogP contribution in [0.2, 0.25) is 0 Å². The number of carboxylic acid groups (broad SMARTS) is 1. The first kappa shape index (κ1) is 23.7. The van der Waals surface area contributed by atoms with Gasteiger partial charge in [-0.3, -0.25) is 19.2 Å². The summed E-state index contributed by atoms with van der Waals surface area (Å²) in [6.45, 7) is -1.04. The number of aliphatic carboxylic acids is 1. The van der Waals surface area contributed by atoms with Gasteiger partial charge in [0, 0.05) is 16.3 Å². The van der Waals surface area contributed by atoms with Gasteiger partial charge in [-0.25, -0.2) is 4.39 Å². The van der Waals surface area contributed by atoms with Crippen molar-refractivity contribution < 1.29 is 28.7 Å². The van der Waals surface area contributed by atoms with Crippen LogP contribution in [0, 0.1) is 0 Å². The summed E-state index contributed by atoms with van der Waals surface area (Å²) in [5.74, 6) is -3.33. The first-order valence-electron chi connectivity index (χ1n) is 11.0. The number of carbonyl (C=O) groups is 4. The zero-order chi connectivity index (χ0) is 24.2. The molecule has 0 unspecified atom stereocenters. The van der Waals surface area contributed by atoms with Crippen LogP contribution < -0.4 is 10.6 Å². The quantitative estimate of drug-likeness (QED) is 0.470. The molecular formula is C24H24FN3O5S. The number of benzene rings is 2. The van der Waals surface area contributed by atoms with Gasteiger partial charge in [0.2, 0.25) is 5.91 Å². The van der Waals surface area contributed by atoms with Crippen LogP contribution in [0.1, 0.15) is 36.0 Å². The molecule has 2 aromatic rings. The van der Waals surface area contributed by atoms with E-state index < -0.39 is 42.8 Å². The maximum atomic E-state index is 13.6. The number of Topliss-reactive ketones (excluding diaryl/α,β-unsaturated/α-hetero) is 1. The lowest BCUT2D eigenvalue weighted by atomic mass is 9.98. The van der Waals surface area contributed by atoms with Gasteiger partial charge >= 0.3 is 5.97 Å². The number of nitrogens with one attached hydrogen (secondary N) is 2. The number of hydrogen-bond donors (Lipinski definition) is 3. The van der Waals surface area contributed by atoms with Crippen molar-refractivity contribution in [3.63, 3.8) is 0 Å². The molecule has 0 bridgehead atoms. The summed E-state index contributed by atoms with van der Waals surface area (Å²) in [6.07, 6.45) is 1.04. The summed E-state index contributed by atoms with van der Waals surface area (Å²) >= 11 is 1.55. The Labute approximate surface area is 199 Å². The van der Waals surface area contributed by atoms with Gasteiger partial charge in [-0.2, -0.15) is 0 Å². The molecule has 2 atom stereocenters. The van der Waals surface area contributed by atoms with Crippen LogP contribution >= 0.6 is 11.8 Å². The van der Waals surface area contributed by atoms with Crippen molar-refractivity contribution in [1.82, 2.24) is 10.2 Å². The van der Waals surface area contributed by atoms with Crippen LogP contribution in [0.5, 0.6) is 0 Å². The number of likely N-dealkylation sites (tertiary alicyclic amines) is 1. The second-order valence-corrected chi connectivity index (χ2v) is 9.25. The molecule has 10 heteroatoms. The van der Waals surface area contributed by atoms with Gasteiger partial charge in [-0.05, 0) is 43.5 Å². The Morgan fingerprint density at radius 2 is 1.88 bits per heavy atom. The molecule has 178 valence electrons. The fourth-order valence-corrected chi connectivity index (χ4v) is 5.24. The van der Waals surface area contributed by atoms with E-state index in [2.05, 4.69) is 10.6 Å². The van der Waals surface area contributed by atoms with Crippen molar-refractivity contribution in [1.29, 1.82) is 0 Å². The number of carboxylic acids is 1. The van der Waals surface area contributed by atoms with Crippen LogP contribution in [0.3, 0.4) is 0 Å². The number of nitrogens with zero attached hydrogens (tertiary/aromatic N) is 1. The smallest absolute Gasteiger partial charge is 0.305 e. The Hall–Kier alpha value is -3.40. The minimum atomic E-state index is -1.48. The summed E-state index contributed by atoms with van der Waals surface area (Å²) in [5.41, 5.74) is 1.97. The number of amides is 2. The largest absolute Gasteiger partial charge is 0.481 e. The van der Waals surface area contributed by atoms with E-state index in [0.717, 1.165) is 15.5 Å². The molecule has 3 N–H and O–H groups in total. The number of piperidine rings is 1. The first-order chi connectivity index (χ1) is 16.4. The first-order valence-corrected chi connectivity index (χ1v) is 11.8. The lowest BCUT2D eigenvalue weighted by Gasteiger charge is -2.36. The van der Waals surface area contributed by atoms with E-state index in [-0.39, 0.29) is 5.91 Å². The van der Waals surface area contributed by atoms with Gasteiger partial charge in [-0.1, -0.05) is 30.0 Å². The van der Waals surface area contributed by atoms with Crippen LogP contribution in [0.25, 0.3) is 0 Å². The Morgan fingerprint density at radius 3 is 2.65 bits per heavy atom. The maximum absolute atomic E-state index is 13.6. The van der Waals surface area contributed by atoms with E-state index in [4.69, 9.17) is 5.11 Å². The number of ketones is 1. The van der Waals surface area contributed by atoms with E-state index in [1.807, 2.05) is 30.3 Å². The van der Waals surface area contributed by atoms with Gasteiger partial charge in [0.1, 0.15) is 18.8 Å². The Bertz CT molecular complexity index is 1140. The third-order valence-electron chi connectivity index (χ3n) is 5.91. The van der Waals surface area contributed by atoms with Crippen LogP contribution in [0.15, 0.2) is 52.3 Å². The van der Waals surface area contributed by atoms with Crippen LogP contribution in [0.4, 0.5) is 15.8 Å². The van der Waals surface area contributed by atoms with Crippen molar-refractivity contribution in [3.8, 4) is 0 Å². The zero-order valence-corrected chi connectivity index (χ0v) is 19.1. The predicted molar refractivity (Wildman–Crippen MR) is 124 cm³/mol. The number of alkyl halides is 1. The average Bonchev–Trinajstić information content (AvgIpc) is 2.85. The molecule has 0 aromatic heterocycles. The highest BCUT2D eigenvalue weighted by Crippen LogP contribution is 2.45. The Morgan fingerprint density at radius 1 is 1.12 bits per heavy atom. The molecule has 2 heterocycles. The van der Waals surface area contributed by atoms with Crippen molar-refractivity contribution in [2.75, 3.05) is 18.5 Å². The molecule has 34 heavy (non-hydrogen) atoms. The second kappa shape index (κ2) is 10.3. The highest BCUT2D eigenvalue weighted by Gasteiger charge is 2.36. The molecule has 2 amide bonds. The number of para-hydroxylation sites is 2. The molecule has 0 spiro atoms. The zero-order valence-electron chi connectivity index (χ0n) is 18.3. The molecule has 1 saturated heterocycles. The van der Waals surface area contributed by atoms with E-state index >= 15 is 0 Å². The summed E-state index contributed by atoms with van der Waals surface area (Å²) < 4.78 is 12.9. The maximum Gasteiger partial charge on any atom is 0.305 e. The van der Waals surface area contributed by atoms with Gasteiger partial charge < -0.3 is 20.6 Å². The molecule has 2 aliphatic heterocycles. The fourth-order valence-electron chi connectivity index (χ4n) is 4.22. The van der Waals surface area contributed by atoms with Gasteiger partial charge in [0.25, 0.3) is 5.91 Å². The number of carbonyl (C=O) groups excluding carboxylic acids is 3. The Kier molecular flexibility index (Phi) is 7.16. The number of rotatable bonds is 7. The van der Waals surface area contributed by atoms with E-state index in [1.165, 1.54) is 4.90 Å². The molecule has 0 radical (unpaired) electrons. The summed E-state index contributed by atoms with van der Waals surface area (Å²) in [5, 5.41) is 14.7. The van der Waals surface area contributed by atoms with Crippen molar-refractivity contribution in [3.05, 3.63) is 48.0 Å². The van der Waals surface area contributed by atoms with Crippen molar-refractivity contribution in [2.24, 2.45) is 0 Å². The van der Waals surface area contributed by atoms with E-state index in [9.17, 15) is 23.6 Å². The SMILES string of the molecule is O=C(O)C[C@H](NC(=O)[C@@H]1CCCCN1C(=O)c1cccc2c1Nc1ccccc1S2)C(=O)CF. The molecule has 8 nitrogen and oxygen atoms in total. The Balaban J connectivity index is 1.58. The minimum absolute atomic E-state index is 0.337. The molecule has 0 aliphatic carbocycles. The highest BCUT2D eigenvalue weighted by atomic mass is 32.2. The van der Waals surface area contributed by atoms with Crippen molar-refractivity contribution >= 4 is 46.7 Å². The molecule has 1 fully saturated rings. The third kappa shape index (κ3) is 4.91. The van der Waals surface area contributed by atoms with Crippen LogP contribution in [-0.2, 0) is 14.4 Å². The molecule has 2 aromatic carbocycles. The lowest BCUT2D eigenvalue weighted by molar-refractivity contribution is -0.140. The number of fused-ring (bicyclic) bond motifs is 2. The third-order valence-corrected chi connectivity index (χ3v) is 7.04. The molecule has 4 rings (SSSR count). The minimum Gasteiger partial charge on any atom is -0.481 e. The standard InChI is InChI=1S/C24H24FN3O5S/c25-13-18(29)16(12-21(30)31)27-23(32)17-8-3-4-11-28(17)24(33)14-6-5-10-20-22(14)26-15-7-1-2-9-19(15)34-20/h1-2,5-7,9-10,16-17,26H,3-4,8,11-13H2,(H,27,32)(H,30,31)/t16-,17-/m0/s1. The van der Waals surface area contributed by atoms with Gasteiger partial charge in [0.05, 0.1) is 23.4 Å². The van der Waals surface area contributed by atoms with Crippen molar-refractivity contribution in [2.45, 2.75) is 47.6 Å². The molecule has 2 aliphatic rings. The normalized spacial score (nSPS) is 17.6. The lowest BCUT2D eigenvalue weighted by Crippen LogP contribution is -2.55. The number of hydrogen-bond acceptors (Lipinski definition) is 6. The number of halogens is 1.